The molecule has 13 heavy (non-hydrogen) atoms. The molecule has 3 heteroatoms. The minimum atomic E-state index is 1.21. The number of fused-ring (bicyclic) bond motifs is 3. The zero-order valence-corrected chi connectivity index (χ0v) is 9.80. The van der Waals surface area contributed by atoms with Crippen LogP contribution in [0, 0.1) is 0 Å². The number of halogens is 1. The van der Waals surface area contributed by atoms with Crippen molar-refractivity contribution in [3.05, 3.63) is 33.4 Å². The molecule has 0 bridgehead atoms. The first-order valence-corrected chi connectivity index (χ1v) is 6.44. The highest BCUT2D eigenvalue weighted by Crippen LogP contribution is 2.37. The van der Waals surface area contributed by atoms with Gasteiger partial charge in [0.05, 0.1) is 0 Å². The Labute approximate surface area is 91.9 Å². The molecule has 0 nitrogen and oxygen atoms in total. The topological polar surface area (TPSA) is 0 Å². The Morgan fingerprint density at radius 3 is 2.69 bits per heavy atom. The molecule has 0 amide bonds. The molecule has 0 aliphatic heterocycles. The Bertz CT molecular complexity index is 577. The summed E-state index contributed by atoms with van der Waals surface area (Å²) in [5.74, 6) is 0. The van der Waals surface area contributed by atoms with Gasteiger partial charge in [-0.15, -0.1) is 22.7 Å². The summed E-state index contributed by atoms with van der Waals surface area (Å²) in [5, 5.41) is 7.01. The molecule has 3 rings (SSSR count). The van der Waals surface area contributed by atoms with Gasteiger partial charge in [0.15, 0.2) is 0 Å². The van der Waals surface area contributed by atoms with Gasteiger partial charge < -0.3 is 0 Å². The van der Waals surface area contributed by atoms with E-state index < -0.39 is 0 Å². The molecule has 2 heterocycles. The lowest BCUT2D eigenvalue weighted by molar-refractivity contribution is 1.91. The molecule has 0 N–H and O–H groups in total. The van der Waals surface area contributed by atoms with E-state index in [1.165, 1.54) is 24.6 Å². The first-order valence-electron chi connectivity index (χ1n) is 3.89. The fourth-order valence-corrected chi connectivity index (χ4v) is 4.21. The van der Waals surface area contributed by atoms with Crippen LogP contribution in [0.15, 0.2) is 33.4 Å². The van der Waals surface area contributed by atoms with Crippen molar-refractivity contribution in [2.75, 3.05) is 0 Å². The molecular weight excluding hydrogens is 264 g/mol. The normalized spacial score (nSPS) is 11.5. The van der Waals surface area contributed by atoms with E-state index in [2.05, 4.69) is 44.9 Å². The smallest absolute Gasteiger partial charge is 0.0440 e. The van der Waals surface area contributed by atoms with E-state index in [1.54, 1.807) is 11.3 Å². The van der Waals surface area contributed by atoms with Crippen LogP contribution in [0.4, 0.5) is 0 Å². The van der Waals surface area contributed by atoms with Gasteiger partial charge in [-0.2, -0.15) is 0 Å². The van der Waals surface area contributed by atoms with Crippen molar-refractivity contribution in [2.24, 2.45) is 0 Å². The second-order valence-corrected chi connectivity index (χ2v) is 5.57. The number of thiophene rings is 2. The van der Waals surface area contributed by atoms with Crippen LogP contribution in [-0.4, -0.2) is 0 Å². The van der Waals surface area contributed by atoms with Crippen LogP contribution < -0.4 is 0 Å². The number of hydrogen-bond acceptors (Lipinski definition) is 2. The third-order valence-electron chi connectivity index (χ3n) is 2.12. The molecule has 0 saturated heterocycles. The predicted molar refractivity (Wildman–Crippen MR) is 64.9 cm³/mol. The van der Waals surface area contributed by atoms with Crippen molar-refractivity contribution in [1.82, 2.24) is 0 Å². The van der Waals surface area contributed by atoms with E-state index in [4.69, 9.17) is 0 Å². The van der Waals surface area contributed by atoms with E-state index in [9.17, 15) is 0 Å². The van der Waals surface area contributed by atoms with E-state index >= 15 is 0 Å². The quantitative estimate of drug-likeness (QED) is 0.545. The lowest BCUT2D eigenvalue weighted by Gasteiger charge is -1.95. The summed E-state index contributed by atoms with van der Waals surface area (Å²) in [6.07, 6.45) is 0. The van der Waals surface area contributed by atoms with Gasteiger partial charge in [0.2, 0.25) is 0 Å². The molecule has 0 saturated carbocycles. The molecule has 3 aromatic rings. The summed E-state index contributed by atoms with van der Waals surface area (Å²) in [5.41, 5.74) is 0. The van der Waals surface area contributed by atoms with Crippen molar-refractivity contribution < 1.29 is 0 Å². The van der Waals surface area contributed by atoms with Gasteiger partial charge in [-0.3, -0.25) is 0 Å². The van der Waals surface area contributed by atoms with E-state index in [-0.39, 0.29) is 0 Å². The first-order chi connectivity index (χ1) is 6.36. The number of benzene rings is 1. The third kappa shape index (κ3) is 1.08. The largest absolute Gasteiger partial charge is 0.144 e. The van der Waals surface area contributed by atoms with E-state index in [1.807, 2.05) is 11.3 Å². The lowest BCUT2D eigenvalue weighted by atomic mass is 10.2. The van der Waals surface area contributed by atoms with Crippen LogP contribution in [0.3, 0.4) is 0 Å². The zero-order chi connectivity index (χ0) is 8.84. The maximum atomic E-state index is 3.60. The van der Waals surface area contributed by atoms with Gasteiger partial charge in [0.1, 0.15) is 0 Å². The fraction of sp³-hybridized carbons (Fsp3) is 0. The molecular formula is C10H5BrS2. The Morgan fingerprint density at radius 1 is 1.00 bits per heavy atom. The highest BCUT2D eigenvalue weighted by molar-refractivity contribution is 9.10. The molecule has 2 aromatic heterocycles. The minimum absolute atomic E-state index is 1.21. The molecule has 0 radical (unpaired) electrons. The van der Waals surface area contributed by atoms with Gasteiger partial charge in [0.25, 0.3) is 0 Å². The number of rotatable bonds is 0. The Balaban J connectivity index is 2.70. The van der Waals surface area contributed by atoms with Gasteiger partial charge in [-0.25, -0.2) is 0 Å². The summed E-state index contributed by atoms with van der Waals surface area (Å²) in [6.45, 7) is 0. The molecule has 0 aliphatic rings. The van der Waals surface area contributed by atoms with Crippen molar-refractivity contribution in [3.8, 4) is 0 Å². The zero-order valence-electron chi connectivity index (χ0n) is 6.58. The summed E-state index contributed by atoms with van der Waals surface area (Å²) in [7, 11) is 0. The SMILES string of the molecule is Brc1cc2sccc2c2sccc12. The first kappa shape index (κ1) is 7.97. The Morgan fingerprint density at radius 2 is 1.77 bits per heavy atom. The highest BCUT2D eigenvalue weighted by Gasteiger charge is 2.05. The second kappa shape index (κ2) is 2.80. The highest BCUT2D eigenvalue weighted by atomic mass is 79.9. The van der Waals surface area contributed by atoms with E-state index in [0.29, 0.717) is 0 Å². The summed E-state index contributed by atoms with van der Waals surface area (Å²) >= 11 is 7.20. The van der Waals surface area contributed by atoms with Gasteiger partial charge >= 0.3 is 0 Å². The molecule has 0 fully saturated rings. The molecule has 0 unspecified atom stereocenters. The van der Waals surface area contributed by atoms with Crippen LogP contribution >= 0.6 is 38.6 Å². The van der Waals surface area contributed by atoms with Crippen molar-refractivity contribution in [2.45, 2.75) is 0 Å². The van der Waals surface area contributed by atoms with Crippen LogP contribution in [0.25, 0.3) is 20.2 Å². The van der Waals surface area contributed by atoms with Crippen LogP contribution in [0.1, 0.15) is 0 Å². The lowest BCUT2D eigenvalue weighted by Crippen LogP contribution is -1.67. The van der Waals surface area contributed by atoms with E-state index in [0.717, 1.165) is 0 Å². The average molecular weight is 269 g/mol. The van der Waals surface area contributed by atoms with Gasteiger partial charge in [0, 0.05) is 24.6 Å². The maximum Gasteiger partial charge on any atom is 0.0440 e. The molecule has 64 valence electrons. The Hall–Kier alpha value is -0.380. The van der Waals surface area contributed by atoms with Gasteiger partial charge in [-0.1, -0.05) is 15.9 Å². The summed E-state index contributed by atoms with van der Waals surface area (Å²) in [4.78, 5) is 0. The monoisotopic (exact) mass is 268 g/mol. The van der Waals surface area contributed by atoms with Crippen LogP contribution in [-0.2, 0) is 0 Å². The standard InChI is InChI=1S/C10H5BrS2/c11-8-5-9-7(2-3-12-9)10-6(8)1-4-13-10/h1-5H. The second-order valence-electron chi connectivity index (χ2n) is 2.85. The van der Waals surface area contributed by atoms with Crippen LogP contribution in [0.5, 0.6) is 0 Å². The predicted octanol–water partition coefficient (Wildman–Crippen LogP) is 4.88. The molecule has 0 aliphatic carbocycles. The fourth-order valence-electron chi connectivity index (χ4n) is 1.52. The van der Waals surface area contributed by atoms with Crippen molar-refractivity contribution in [3.63, 3.8) is 0 Å². The molecule has 0 atom stereocenters. The Kier molecular flexibility index (Phi) is 1.72. The molecule has 0 spiro atoms. The van der Waals surface area contributed by atoms with Gasteiger partial charge in [-0.05, 0) is 29.0 Å². The maximum absolute atomic E-state index is 3.60. The third-order valence-corrected chi connectivity index (χ3v) is 4.59. The summed E-state index contributed by atoms with van der Waals surface area (Å²) in [6, 6.07) is 6.57. The summed E-state index contributed by atoms with van der Waals surface area (Å²) < 4.78 is 3.96. The van der Waals surface area contributed by atoms with Crippen molar-refractivity contribution >= 4 is 58.8 Å². The molecule has 1 aromatic carbocycles. The number of hydrogen-bond donors (Lipinski definition) is 0. The van der Waals surface area contributed by atoms with Crippen molar-refractivity contribution in [1.29, 1.82) is 0 Å². The average Bonchev–Trinajstić information content (AvgIpc) is 2.66. The van der Waals surface area contributed by atoms with Crippen LogP contribution in [0.2, 0.25) is 0 Å². The minimum Gasteiger partial charge on any atom is -0.144 e.